The Morgan fingerprint density at radius 2 is 1.77 bits per heavy atom. The maximum absolute atomic E-state index is 12.6. The van der Waals surface area contributed by atoms with Crippen molar-refractivity contribution in [3.8, 4) is 28.5 Å². The number of nitrogens with zero attached hydrogens (tertiary/aromatic N) is 4. The van der Waals surface area contributed by atoms with Crippen LogP contribution >= 0.6 is 0 Å². The van der Waals surface area contributed by atoms with Crippen molar-refractivity contribution in [2.24, 2.45) is 0 Å². The largest absolute Gasteiger partial charge is 0.354 e. The highest BCUT2D eigenvalue weighted by Crippen LogP contribution is 2.32. The van der Waals surface area contributed by atoms with Gasteiger partial charge in [0, 0.05) is 17.7 Å². The van der Waals surface area contributed by atoms with E-state index in [-0.39, 0.29) is 12.5 Å². The van der Waals surface area contributed by atoms with E-state index < -0.39 is 0 Å². The Labute approximate surface area is 184 Å². The van der Waals surface area contributed by atoms with Crippen molar-refractivity contribution in [1.82, 2.24) is 20.0 Å². The summed E-state index contributed by atoms with van der Waals surface area (Å²) in [6.07, 6.45) is 2.71. The third kappa shape index (κ3) is 5.80. The van der Waals surface area contributed by atoms with E-state index in [1.165, 1.54) is 0 Å². The summed E-state index contributed by atoms with van der Waals surface area (Å²) in [5.74, 6) is -0.0498. The standard InChI is InChI=1S/C25H29N5O/c1-3-29(4-2)16-8-15-27-24(31)19-30-25(22-9-6-5-7-10-22)23(18-28-30)21-13-11-20(17-26)12-14-21/h5-7,9-14,18H,3-4,8,15-16,19H2,1-2H3,(H,27,31). The number of nitrogens with one attached hydrogen (secondary N) is 1. The molecule has 31 heavy (non-hydrogen) atoms. The zero-order valence-electron chi connectivity index (χ0n) is 18.2. The lowest BCUT2D eigenvalue weighted by Crippen LogP contribution is -2.32. The van der Waals surface area contributed by atoms with Gasteiger partial charge in [-0.2, -0.15) is 10.4 Å². The molecule has 0 saturated heterocycles. The second-order valence-corrected chi connectivity index (χ2v) is 7.35. The molecule has 160 valence electrons. The fourth-order valence-corrected chi connectivity index (χ4v) is 3.60. The molecular weight excluding hydrogens is 386 g/mol. The lowest BCUT2D eigenvalue weighted by molar-refractivity contribution is -0.121. The fourth-order valence-electron chi connectivity index (χ4n) is 3.60. The van der Waals surface area contributed by atoms with Crippen LogP contribution in [0.2, 0.25) is 0 Å². The normalized spacial score (nSPS) is 10.8. The highest BCUT2D eigenvalue weighted by molar-refractivity contribution is 5.83. The zero-order valence-corrected chi connectivity index (χ0v) is 18.2. The predicted octanol–water partition coefficient (Wildman–Crippen LogP) is 3.94. The van der Waals surface area contributed by atoms with E-state index in [0.29, 0.717) is 12.1 Å². The number of rotatable bonds is 10. The molecule has 0 unspecified atom stereocenters. The van der Waals surface area contributed by atoms with Crippen LogP contribution in [0.1, 0.15) is 25.8 Å². The highest BCUT2D eigenvalue weighted by Gasteiger charge is 2.16. The van der Waals surface area contributed by atoms with Crippen LogP contribution in [-0.4, -0.2) is 46.8 Å². The molecule has 0 atom stereocenters. The Hall–Kier alpha value is -3.43. The Morgan fingerprint density at radius 3 is 2.42 bits per heavy atom. The van der Waals surface area contributed by atoms with Crippen LogP contribution in [0.5, 0.6) is 0 Å². The van der Waals surface area contributed by atoms with E-state index in [0.717, 1.165) is 48.4 Å². The summed E-state index contributed by atoms with van der Waals surface area (Å²) in [7, 11) is 0. The van der Waals surface area contributed by atoms with Gasteiger partial charge in [-0.25, -0.2) is 0 Å². The number of carbonyl (C=O) groups is 1. The smallest absolute Gasteiger partial charge is 0.241 e. The molecule has 2 aromatic carbocycles. The Balaban J connectivity index is 1.76. The number of benzene rings is 2. The molecule has 6 heteroatoms. The molecule has 0 aliphatic rings. The molecule has 3 rings (SSSR count). The molecule has 0 aliphatic heterocycles. The molecule has 0 spiro atoms. The van der Waals surface area contributed by atoms with Gasteiger partial charge in [0.15, 0.2) is 0 Å². The molecule has 6 nitrogen and oxygen atoms in total. The van der Waals surface area contributed by atoms with E-state index in [2.05, 4.69) is 35.2 Å². The molecule has 3 aromatic rings. The number of aromatic nitrogens is 2. The fraction of sp³-hybridized carbons (Fsp3) is 0.320. The van der Waals surface area contributed by atoms with Crippen molar-refractivity contribution in [2.45, 2.75) is 26.8 Å². The van der Waals surface area contributed by atoms with Gasteiger partial charge in [-0.05, 0) is 43.8 Å². The monoisotopic (exact) mass is 415 g/mol. The van der Waals surface area contributed by atoms with Gasteiger partial charge >= 0.3 is 0 Å². The van der Waals surface area contributed by atoms with Gasteiger partial charge in [-0.3, -0.25) is 9.48 Å². The van der Waals surface area contributed by atoms with Crippen LogP contribution in [0.4, 0.5) is 0 Å². The molecule has 0 bridgehead atoms. The molecule has 1 heterocycles. The molecule has 1 aromatic heterocycles. The minimum Gasteiger partial charge on any atom is -0.354 e. The summed E-state index contributed by atoms with van der Waals surface area (Å²) in [5, 5.41) is 16.6. The number of carbonyl (C=O) groups excluding carboxylic acids is 1. The number of hydrogen-bond donors (Lipinski definition) is 1. The summed E-state index contributed by atoms with van der Waals surface area (Å²) in [6.45, 7) is 8.14. The molecule has 0 fully saturated rings. The average Bonchev–Trinajstić information content (AvgIpc) is 3.23. The second-order valence-electron chi connectivity index (χ2n) is 7.35. The van der Waals surface area contributed by atoms with Gasteiger partial charge in [0.2, 0.25) is 5.91 Å². The molecule has 1 N–H and O–H groups in total. The Kier molecular flexibility index (Phi) is 7.97. The number of hydrogen-bond acceptors (Lipinski definition) is 4. The number of amides is 1. The first-order valence-corrected chi connectivity index (χ1v) is 10.8. The first kappa shape index (κ1) is 22.3. The van der Waals surface area contributed by atoms with Crippen LogP contribution < -0.4 is 5.32 Å². The van der Waals surface area contributed by atoms with E-state index in [9.17, 15) is 4.79 Å². The van der Waals surface area contributed by atoms with Gasteiger partial charge < -0.3 is 10.2 Å². The summed E-state index contributed by atoms with van der Waals surface area (Å²) < 4.78 is 1.75. The summed E-state index contributed by atoms with van der Waals surface area (Å²) in [5.41, 5.74) is 4.40. The van der Waals surface area contributed by atoms with Crippen molar-refractivity contribution in [1.29, 1.82) is 5.26 Å². The van der Waals surface area contributed by atoms with Crippen LogP contribution in [0.15, 0.2) is 60.8 Å². The maximum atomic E-state index is 12.6. The Bertz CT molecular complexity index is 1010. The summed E-state index contributed by atoms with van der Waals surface area (Å²) in [6, 6.07) is 19.5. The molecular formula is C25H29N5O. The topological polar surface area (TPSA) is 74.0 Å². The third-order valence-electron chi connectivity index (χ3n) is 5.37. The van der Waals surface area contributed by atoms with Gasteiger partial charge in [0.25, 0.3) is 0 Å². The van der Waals surface area contributed by atoms with E-state index >= 15 is 0 Å². The minimum atomic E-state index is -0.0498. The lowest BCUT2D eigenvalue weighted by atomic mass is 10.0. The van der Waals surface area contributed by atoms with Crippen LogP contribution in [0.3, 0.4) is 0 Å². The molecule has 1 amide bonds. The Morgan fingerprint density at radius 1 is 1.06 bits per heavy atom. The van der Waals surface area contributed by atoms with Crippen molar-refractivity contribution in [3.63, 3.8) is 0 Å². The first-order chi connectivity index (χ1) is 15.2. The van der Waals surface area contributed by atoms with Gasteiger partial charge in [0.1, 0.15) is 6.54 Å². The highest BCUT2D eigenvalue weighted by atomic mass is 16.2. The second kappa shape index (κ2) is 11.1. The van der Waals surface area contributed by atoms with Gasteiger partial charge in [-0.15, -0.1) is 0 Å². The van der Waals surface area contributed by atoms with Crippen LogP contribution in [-0.2, 0) is 11.3 Å². The van der Waals surface area contributed by atoms with E-state index in [4.69, 9.17) is 5.26 Å². The van der Waals surface area contributed by atoms with Crippen molar-refractivity contribution in [3.05, 3.63) is 66.4 Å². The van der Waals surface area contributed by atoms with Crippen LogP contribution in [0, 0.1) is 11.3 Å². The minimum absolute atomic E-state index is 0.0498. The molecule has 0 radical (unpaired) electrons. The quantitative estimate of drug-likeness (QED) is 0.509. The summed E-state index contributed by atoms with van der Waals surface area (Å²) in [4.78, 5) is 14.9. The van der Waals surface area contributed by atoms with E-state index in [1.54, 1.807) is 23.0 Å². The maximum Gasteiger partial charge on any atom is 0.241 e. The zero-order chi connectivity index (χ0) is 22.1. The molecule has 0 aliphatic carbocycles. The van der Waals surface area contributed by atoms with Gasteiger partial charge in [-0.1, -0.05) is 56.3 Å². The van der Waals surface area contributed by atoms with Gasteiger partial charge in [0.05, 0.1) is 23.5 Å². The van der Waals surface area contributed by atoms with Crippen molar-refractivity contribution < 1.29 is 4.79 Å². The van der Waals surface area contributed by atoms with Crippen molar-refractivity contribution >= 4 is 5.91 Å². The predicted molar refractivity (Wildman–Crippen MR) is 123 cm³/mol. The third-order valence-corrected chi connectivity index (χ3v) is 5.37. The number of nitriles is 1. The average molecular weight is 416 g/mol. The molecule has 0 saturated carbocycles. The van der Waals surface area contributed by atoms with Crippen molar-refractivity contribution in [2.75, 3.05) is 26.2 Å². The summed E-state index contributed by atoms with van der Waals surface area (Å²) >= 11 is 0. The SMILES string of the molecule is CCN(CC)CCCNC(=O)Cn1ncc(-c2ccc(C#N)cc2)c1-c1ccccc1. The first-order valence-electron chi connectivity index (χ1n) is 10.8. The van der Waals surface area contributed by atoms with Crippen LogP contribution in [0.25, 0.3) is 22.4 Å². The van der Waals surface area contributed by atoms with E-state index in [1.807, 2.05) is 42.5 Å². The lowest BCUT2D eigenvalue weighted by Gasteiger charge is -2.17.